The third-order valence-electron chi connectivity index (χ3n) is 3.83. The van der Waals surface area contributed by atoms with Gasteiger partial charge in [-0.05, 0) is 30.6 Å². The van der Waals surface area contributed by atoms with Crippen molar-refractivity contribution in [3.05, 3.63) is 24.3 Å². The zero-order valence-electron chi connectivity index (χ0n) is 7.29. The van der Waals surface area contributed by atoms with E-state index in [1.54, 1.807) is 0 Å². The Morgan fingerprint density at radius 1 is 1.31 bits per heavy atom. The van der Waals surface area contributed by atoms with Crippen molar-refractivity contribution in [3.8, 4) is 0 Å². The molecule has 0 spiro atoms. The SMILES string of the molecule is BrC1CC2C=CC1(Br)C1CC=CC21. The summed E-state index contributed by atoms with van der Waals surface area (Å²) in [4.78, 5) is 0.621. The normalized spacial score (nSPS) is 57.1. The summed E-state index contributed by atoms with van der Waals surface area (Å²) in [7, 11) is 0. The zero-order valence-corrected chi connectivity index (χ0v) is 10.5. The van der Waals surface area contributed by atoms with Crippen molar-refractivity contribution >= 4 is 31.9 Å². The van der Waals surface area contributed by atoms with Gasteiger partial charge in [-0.25, -0.2) is 0 Å². The molecule has 0 aliphatic heterocycles. The molecule has 4 aliphatic carbocycles. The van der Waals surface area contributed by atoms with Crippen molar-refractivity contribution in [3.63, 3.8) is 0 Å². The maximum absolute atomic E-state index is 3.93. The largest absolute Gasteiger partial charge is 0.0879 e. The van der Waals surface area contributed by atoms with Gasteiger partial charge in [0.25, 0.3) is 0 Å². The number of hydrogen-bond donors (Lipinski definition) is 0. The van der Waals surface area contributed by atoms with Gasteiger partial charge >= 0.3 is 0 Å². The van der Waals surface area contributed by atoms with Crippen LogP contribution < -0.4 is 0 Å². The minimum atomic E-state index is 0.232. The van der Waals surface area contributed by atoms with Crippen LogP contribution >= 0.6 is 31.9 Å². The molecule has 4 aliphatic rings. The molecule has 5 atom stereocenters. The predicted octanol–water partition coefficient (Wildman–Crippen LogP) is 3.67. The Bertz CT molecular complexity index is 294. The lowest BCUT2D eigenvalue weighted by Gasteiger charge is -2.50. The second-order valence-electron chi connectivity index (χ2n) is 4.40. The number of alkyl halides is 2. The van der Waals surface area contributed by atoms with Crippen LogP contribution in [0.15, 0.2) is 24.3 Å². The molecule has 2 bridgehead atoms. The highest BCUT2D eigenvalue weighted by molar-refractivity contribution is 9.12. The quantitative estimate of drug-likeness (QED) is 0.473. The molecule has 0 aromatic heterocycles. The van der Waals surface area contributed by atoms with Gasteiger partial charge < -0.3 is 0 Å². The molecule has 0 aromatic carbocycles. The van der Waals surface area contributed by atoms with Gasteiger partial charge in [0.15, 0.2) is 0 Å². The Balaban J connectivity index is 2.08. The summed E-state index contributed by atoms with van der Waals surface area (Å²) < 4.78 is 0.232. The number of allylic oxidation sites excluding steroid dienone is 4. The second kappa shape index (κ2) is 2.73. The fraction of sp³-hybridized carbons (Fsp3) is 0.636. The molecule has 0 amide bonds. The lowest BCUT2D eigenvalue weighted by molar-refractivity contribution is 0.210. The van der Waals surface area contributed by atoms with Crippen molar-refractivity contribution in [2.45, 2.75) is 22.0 Å². The molecular weight excluding hydrogens is 292 g/mol. The molecule has 0 radical (unpaired) electrons. The van der Waals surface area contributed by atoms with Gasteiger partial charge in [0, 0.05) is 4.83 Å². The van der Waals surface area contributed by atoms with E-state index in [4.69, 9.17) is 0 Å². The molecule has 2 heteroatoms. The standard InChI is InChI=1S/C11H12Br2/c12-10-6-7-4-5-11(10,13)9-3-1-2-8(7)9/h1-2,4-5,7-10H,3,6H2. The van der Waals surface area contributed by atoms with Crippen LogP contribution in [0.1, 0.15) is 12.8 Å². The van der Waals surface area contributed by atoms with Crippen LogP contribution in [0, 0.1) is 17.8 Å². The third kappa shape index (κ3) is 1.02. The van der Waals surface area contributed by atoms with Crippen LogP contribution in [0.3, 0.4) is 0 Å². The van der Waals surface area contributed by atoms with Gasteiger partial charge in [-0.3, -0.25) is 0 Å². The molecule has 1 fully saturated rings. The van der Waals surface area contributed by atoms with E-state index in [2.05, 4.69) is 56.2 Å². The monoisotopic (exact) mass is 302 g/mol. The van der Waals surface area contributed by atoms with Crippen molar-refractivity contribution in [2.24, 2.45) is 17.8 Å². The van der Waals surface area contributed by atoms with Gasteiger partial charge in [-0.15, -0.1) is 0 Å². The summed E-state index contributed by atoms with van der Waals surface area (Å²) in [5.41, 5.74) is 0. The van der Waals surface area contributed by atoms with E-state index in [0.717, 1.165) is 17.8 Å². The summed E-state index contributed by atoms with van der Waals surface area (Å²) in [6, 6.07) is 0. The smallest absolute Gasteiger partial charge is 0.0598 e. The number of fused-ring (bicyclic) bond motifs is 1. The van der Waals surface area contributed by atoms with Crippen molar-refractivity contribution < 1.29 is 0 Å². The average molecular weight is 304 g/mol. The van der Waals surface area contributed by atoms with E-state index in [-0.39, 0.29) is 4.32 Å². The molecule has 70 valence electrons. The number of rotatable bonds is 0. The number of hydrogen-bond acceptors (Lipinski definition) is 0. The fourth-order valence-electron chi connectivity index (χ4n) is 3.11. The van der Waals surface area contributed by atoms with Crippen LogP contribution in [-0.4, -0.2) is 9.15 Å². The molecule has 0 nitrogen and oxygen atoms in total. The fourth-order valence-corrected chi connectivity index (χ4v) is 4.86. The Labute approximate surface area is 95.7 Å². The van der Waals surface area contributed by atoms with Crippen molar-refractivity contribution in [1.29, 1.82) is 0 Å². The van der Waals surface area contributed by atoms with Gasteiger partial charge in [0.05, 0.1) is 4.32 Å². The maximum atomic E-state index is 3.93. The van der Waals surface area contributed by atoms with Crippen molar-refractivity contribution in [1.82, 2.24) is 0 Å². The summed E-state index contributed by atoms with van der Waals surface area (Å²) in [6.45, 7) is 0. The minimum absolute atomic E-state index is 0.232. The second-order valence-corrected chi connectivity index (χ2v) is 6.88. The molecule has 13 heavy (non-hydrogen) atoms. The lowest BCUT2D eigenvalue weighted by Crippen LogP contribution is -2.50. The minimum Gasteiger partial charge on any atom is -0.0879 e. The summed E-state index contributed by atoms with van der Waals surface area (Å²) >= 11 is 7.74. The van der Waals surface area contributed by atoms with Crippen LogP contribution in [0.25, 0.3) is 0 Å². The van der Waals surface area contributed by atoms with Crippen LogP contribution in [-0.2, 0) is 0 Å². The first-order chi connectivity index (χ1) is 6.22. The van der Waals surface area contributed by atoms with Crippen LogP contribution in [0.4, 0.5) is 0 Å². The molecule has 0 N–H and O–H groups in total. The Morgan fingerprint density at radius 2 is 2.15 bits per heavy atom. The van der Waals surface area contributed by atoms with E-state index >= 15 is 0 Å². The molecule has 0 aromatic rings. The first-order valence-corrected chi connectivity index (χ1v) is 6.61. The highest BCUT2D eigenvalue weighted by Crippen LogP contribution is 2.57. The zero-order chi connectivity index (χ0) is 9.05. The van der Waals surface area contributed by atoms with Gasteiger partial charge in [0.2, 0.25) is 0 Å². The Hall–Kier alpha value is 0.440. The summed E-state index contributed by atoms with van der Waals surface area (Å²) in [5.74, 6) is 2.38. The highest BCUT2D eigenvalue weighted by Gasteiger charge is 2.53. The topological polar surface area (TPSA) is 0 Å². The Morgan fingerprint density at radius 3 is 2.92 bits per heavy atom. The van der Waals surface area contributed by atoms with Crippen molar-refractivity contribution in [2.75, 3.05) is 0 Å². The summed E-state index contributed by atoms with van der Waals surface area (Å²) in [6.07, 6.45) is 12.1. The van der Waals surface area contributed by atoms with E-state index < -0.39 is 0 Å². The van der Waals surface area contributed by atoms with E-state index in [1.807, 2.05) is 0 Å². The van der Waals surface area contributed by atoms with Crippen LogP contribution in [0.2, 0.25) is 0 Å². The van der Waals surface area contributed by atoms with E-state index in [1.165, 1.54) is 12.8 Å². The van der Waals surface area contributed by atoms with Gasteiger partial charge in [0.1, 0.15) is 0 Å². The molecule has 0 heterocycles. The number of halogens is 2. The van der Waals surface area contributed by atoms with Gasteiger partial charge in [-0.2, -0.15) is 0 Å². The van der Waals surface area contributed by atoms with Crippen LogP contribution in [0.5, 0.6) is 0 Å². The summed E-state index contributed by atoms with van der Waals surface area (Å²) in [5, 5.41) is 0. The van der Waals surface area contributed by atoms with Gasteiger partial charge in [-0.1, -0.05) is 56.2 Å². The maximum Gasteiger partial charge on any atom is 0.0598 e. The lowest BCUT2D eigenvalue weighted by atomic mass is 9.63. The molecule has 1 saturated carbocycles. The first kappa shape index (κ1) is 8.72. The Kier molecular flexibility index (Phi) is 1.83. The molecule has 5 unspecified atom stereocenters. The first-order valence-electron chi connectivity index (χ1n) is 4.91. The van der Waals surface area contributed by atoms with E-state index in [9.17, 15) is 0 Å². The molecular formula is C11H12Br2. The average Bonchev–Trinajstić information content (AvgIpc) is 2.58. The molecule has 0 saturated heterocycles. The predicted molar refractivity (Wildman–Crippen MR) is 62.4 cm³/mol. The highest BCUT2D eigenvalue weighted by atomic mass is 79.9. The van der Waals surface area contributed by atoms with E-state index in [0.29, 0.717) is 4.83 Å². The molecule has 4 rings (SSSR count). The third-order valence-corrected chi connectivity index (χ3v) is 6.98.